The van der Waals surface area contributed by atoms with Crippen LogP contribution in [-0.2, 0) is 0 Å². The van der Waals surface area contributed by atoms with E-state index in [9.17, 15) is 10.1 Å². The topological polar surface area (TPSA) is 67.2 Å². The third-order valence-electron chi connectivity index (χ3n) is 3.59. The third-order valence-corrected chi connectivity index (χ3v) is 3.79. The summed E-state index contributed by atoms with van der Waals surface area (Å²) >= 11 is 5.28. The van der Waals surface area contributed by atoms with Crippen LogP contribution in [0.5, 0.6) is 0 Å². The van der Waals surface area contributed by atoms with Crippen LogP contribution in [-0.4, -0.2) is 10.0 Å². The Bertz CT molecular complexity index is 727. The van der Waals surface area contributed by atoms with Gasteiger partial charge in [0.1, 0.15) is 0 Å². The van der Waals surface area contributed by atoms with Crippen molar-refractivity contribution in [2.75, 3.05) is 10.6 Å². The van der Waals surface area contributed by atoms with E-state index in [4.69, 9.17) is 12.2 Å². The highest BCUT2D eigenvalue weighted by molar-refractivity contribution is 7.80. The van der Waals surface area contributed by atoms with Gasteiger partial charge in [-0.1, -0.05) is 32.0 Å². The molecule has 0 fully saturated rings. The molecular formula is C17H19N3O2S. The molecular weight excluding hydrogens is 310 g/mol. The maximum atomic E-state index is 11.0. The van der Waals surface area contributed by atoms with Gasteiger partial charge in [0.2, 0.25) is 0 Å². The number of hydrogen-bond acceptors (Lipinski definition) is 3. The molecule has 2 rings (SSSR count). The van der Waals surface area contributed by atoms with Crippen molar-refractivity contribution in [2.45, 2.75) is 26.7 Å². The number of nitro benzene ring substituents is 1. The third kappa shape index (κ3) is 4.26. The number of thiocarbonyl (C=S) groups is 1. The van der Waals surface area contributed by atoms with Gasteiger partial charge in [0.05, 0.1) is 16.2 Å². The van der Waals surface area contributed by atoms with Crippen LogP contribution in [0.3, 0.4) is 0 Å². The fraction of sp³-hybridized carbons (Fsp3) is 0.235. The van der Waals surface area contributed by atoms with E-state index in [1.807, 2.05) is 24.3 Å². The van der Waals surface area contributed by atoms with Crippen molar-refractivity contribution < 1.29 is 4.92 Å². The van der Waals surface area contributed by atoms with Crippen LogP contribution in [0, 0.1) is 17.0 Å². The molecule has 5 nitrogen and oxygen atoms in total. The summed E-state index contributed by atoms with van der Waals surface area (Å²) in [6.07, 6.45) is 0. The molecule has 0 aliphatic heterocycles. The average Bonchev–Trinajstić information content (AvgIpc) is 2.49. The minimum Gasteiger partial charge on any atom is -0.332 e. The van der Waals surface area contributed by atoms with Gasteiger partial charge in [0, 0.05) is 11.8 Å². The predicted molar refractivity (Wildman–Crippen MR) is 98.2 cm³/mol. The molecule has 0 saturated heterocycles. The fourth-order valence-electron chi connectivity index (χ4n) is 2.19. The Morgan fingerprint density at radius 2 is 1.78 bits per heavy atom. The highest BCUT2D eigenvalue weighted by Gasteiger charge is 2.13. The zero-order chi connectivity index (χ0) is 17.0. The summed E-state index contributed by atoms with van der Waals surface area (Å²) in [6.45, 7) is 5.97. The molecule has 6 heteroatoms. The van der Waals surface area contributed by atoms with E-state index < -0.39 is 4.92 Å². The summed E-state index contributed by atoms with van der Waals surface area (Å²) in [4.78, 5) is 10.6. The molecule has 0 aliphatic rings. The molecule has 0 bridgehead atoms. The van der Waals surface area contributed by atoms with E-state index in [0.717, 1.165) is 5.69 Å². The number of nitro groups is 1. The molecule has 0 heterocycles. The number of nitrogens with zero attached hydrogens (tertiary/aromatic N) is 1. The molecule has 0 radical (unpaired) electrons. The van der Waals surface area contributed by atoms with E-state index >= 15 is 0 Å². The van der Waals surface area contributed by atoms with Crippen LogP contribution >= 0.6 is 12.2 Å². The standard InChI is InChI=1S/C17H19N3O2S/c1-11(2)13-7-9-14(10-8-13)18-17(23)19-15-5-4-6-16(12(15)3)20(21)22/h4-11H,1-3H3,(H2,18,19,23). The molecule has 0 saturated carbocycles. The zero-order valence-electron chi connectivity index (χ0n) is 13.3. The summed E-state index contributed by atoms with van der Waals surface area (Å²) in [7, 11) is 0. The second kappa shape index (κ2) is 7.19. The molecule has 2 N–H and O–H groups in total. The number of nitrogens with one attached hydrogen (secondary N) is 2. The SMILES string of the molecule is Cc1c(NC(=S)Nc2ccc(C(C)C)cc2)cccc1[N+](=O)[O-]. The lowest BCUT2D eigenvalue weighted by Gasteiger charge is -2.13. The van der Waals surface area contributed by atoms with Crippen LogP contribution < -0.4 is 10.6 Å². The van der Waals surface area contributed by atoms with Crippen molar-refractivity contribution in [1.82, 2.24) is 0 Å². The van der Waals surface area contributed by atoms with Gasteiger partial charge in [0.15, 0.2) is 5.11 Å². The lowest BCUT2D eigenvalue weighted by molar-refractivity contribution is -0.385. The van der Waals surface area contributed by atoms with Crippen molar-refractivity contribution >= 4 is 34.4 Å². The van der Waals surface area contributed by atoms with Crippen LogP contribution in [0.15, 0.2) is 42.5 Å². The first-order valence-corrected chi connectivity index (χ1v) is 7.71. The Labute approximate surface area is 140 Å². The van der Waals surface area contributed by atoms with E-state index in [-0.39, 0.29) is 5.69 Å². The Morgan fingerprint density at radius 3 is 2.35 bits per heavy atom. The van der Waals surface area contributed by atoms with Crippen molar-refractivity contribution in [2.24, 2.45) is 0 Å². The second-order valence-electron chi connectivity index (χ2n) is 5.56. The van der Waals surface area contributed by atoms with Gasteiger partial charge < -0.3 is 10.6 Å². The summed E-state index contributed by atoms with van der Waals surface area (Å²) < 4.78 is 0. The predicted octanol–water partition coefficient (Wildman–Crippen LogP) is 4.84. The van der Waals surface area contributed by atoms with Crippen molar-refractivity contribution in [3.8, 4) is 0 Å². The first-order valence-electron chi connectivity index (χ1n) is 7.30. The Balaban J connectivity index is 2.08. The largest absolute Gasteiger partial charge is 0.332 e. The van der Waals surface area contributed by atoms with Gasteiger partial charge in [-0.15, -0.1) is 0 Å². The van der Waals surface area contributed by atoms with Gasteiger partial charge in [0.25, 0.3) is 5.69 Å². The summed E-state index contributed by atoms with van der Waals surface area (Å²) in [5.41, 5.74) is 3.37. The van der Waals surface area contributed by atoms with E-state index in [0.29, 0.717) is 22.3 Å². The van der Waals surface area contributed by atoms with Gasteiger partial charge in [-0.3, -0.25) is 10.1 Å². The van der Waals surface area contributed by atoms with Gasteiger partial charge in [-0.2, -0.15) is 0 Å². The van der Waals surface area contributed by atoms with Gasteiger partial charge in [-0.05, 0) is 48.8 Å². The smallest absolute Gasteiger partial charge is 0.274 e. The van der Waals surface area contributed by atoms with Crippen molar-refractivity contribution in [3.05, 3.63) is 63.7 Å². The minimum atomic E-state index is -0.401. The number of benzene rings is 2. The quantitative estimate of drug-likeness (QED) is 0.477. The highest BCUT2D eigenvalue weighted by atomic mass is 32.1. The molecule has 2 aromatic rings. The summed E-state index contributed by atoms with van der Waals surface area (Å²) in [5.74, 6) is 0.474. The number of anilines is 2. The molecule has 0 spiro atoms. The van der Waals surface area contributed by atoms with Gasteiger partial charge >= 0.3 is 0 Å². The van der Waals surface area contributed by atoms with Crippen LogP contribution in [0.1, 0.15) is 30.9 Å². The molecule has 0 amide bonds. The Morgan fingerprint density at radius 1 is 1.13 bits per heavy atom. The second-order valence-corrected chi connectivity index (χ2v) is 5.97. The van der Waals surface area contributed by atoms with Crippen molar-refractivity contribution in [3.63, 3.8) is 0 Å². The number of rotatable bonds is 4. The normalized spacial score (nSPS) is 10.4. The summed E-state index contributed by atoms with van der Waals surface area (Å²) in [6, 6.07) is 12.9. The fourth-order valence-corrected chi connectivity index (χ4v) is 2.42. The van der Waals surface area contributed by atoms with Crippen LogP contribution in [0.2, 0.25) is 0 Å². The van der Waals surface area contributed by atoms with Crippen LogP contribution in [0.25, 0.3) is 0 Å². The first-order chi connectivity index (χ1) is 10.9. The monoisotopic (exact) mass is 329 g/mol. The minimum absolute atomic E-state index is 0.0686. The Hall–Kier alpha value is -2.47. The molecule has 120 valence electrons. The van der Waals surface area contributed by atoms with E-state index in [1.165, 1.54) is 11.6 Å². The molecule has 2 aromatic carbocycles. The Kier molecular flexibility index (Phi) is 5.28. The van der Waals surface area contributed by atoms with Gasteiger partial charge in [-0.25, -0.2) is 0 Å². The molecule has 0 aliphatic carbocycles. The zero-order valence-corrected chi connectivity index (χ0v) is 14.1. The average molecular weight is 329 g/mol. The van der Waals surface area contributed by atoms with E-state index in [2.05, 4.69) is 24.5 Å². The van der Waals surface area contributed by atoms with Crippen LogP contribution in [0.4, 0.5) is 17.1 Å². The number of hydrogen-bond donors (Lipinski definition) is 2. The van der Waals surface area contributed by atoms with E-state index in [1.54, 1.807) is 19.1 Å². The molecule has 0 atom stereocenters. The highest BCUT2D eigenvalue weighted by Crippen LogP contribution is 2.25. The lowest BCUT2D eigenvalue weighted by Crippen LogP contribution is -2.19. The molecule has 0 aromatic heterocycles. The van der Waals surface area contributed by atoms with Crippen molar-refractivity contribution in [1.29, 1.82) is 0 Å². The maximum Gasteiger partial charge on any atom is 0.274 e. The lowest BCUT2D eigenvalue weighted by atomic mass is 10.0. The maximum absolute atomic E-state index is 11.0. The first kappa shape index (κ1) is 16.9. The molecule has 23 heavy (non-hydrogen) atoms. The summed E-state index contributed by atoms with van der Waals surface area (Å²) in [5, 5.41) is 17.5. The molecule has 0 unspecified atom stereocenters.